The number of primary sulfonamides is 1. The molecule has 0 fully saturated rings. The number of aryl methyl sites for hydroxylation is 1. The molecule has 3 rings (SSSR count). The molecular formula is C22H25N3O5S2. The number of nitrogens with zero attached hydrogens (tertiary/aromatic N) is 2. The van der Waals surface area contributed by atoms with E-state index in [1.807, 2.05) is 0 Å². The van der Waals surface area contributed by atoms with Gasteiger partial charge in [-0.15, -0.1) is 0 Å². The number of nitrogens with two attached hydrogens (primary N) is 1. The average Bonchev–Trinajstić information content (AvgIpc) is 2.70. The quantitative estimate of drug-likeness (QED) is 0.317. The number of ether oxygens (including phenoxy) is 1. The third-order valence-electron chi connectivity index (χ3n) is 4.44. The zero-order valence-corrected chi connectivity index (χ0v) is 19.7. The van der Waals surface area contributed by atoms with E-state index >= 15 is 0 Å². The summed E-state index contributed by atoms with van der Waals surface area (Å²) in [5, 5.41) is 6.04. The zero-order chi connectivity index (χ0) is 23.5. The number of para-hydroxylation sites is 1. The summed E-state index contributed by atoms with van der Waals surface area (Å²) in [6.07, 6.45) is 0.463. The van der Waals surface area contributed by atoms with Crippen molar-refractivity contribution < 1.29 is 17.9 Å². The molecule has 170 valence electrons. The second-order valence-electron chi connectivity index (χ2n) is 8.18. The lowest BCUT2D eigenvalue weighted by Crippen LogP contribution is -2.27. The number of carbonyl (C=O) groups excluding carboxylic acids is 1. The lowest BCUT2D eigenvalue weighted by Gasteiger charge is -2.19. The molecule has 0 aliphatic rings. The highest BCUT2D eigenvalue weighted by atomic mass is 32.2. The summed E-state index contributed by atoms with van der Waals surface area (Å²) < 4.78 is 29.8. The van der Waals surface area contributed by atoms with Crippen LogP contribution in [0, 0.1) is 0 Å². The number of thioether (sulfide) groups is 1. The Hall–Kier alpha value is -2.69. The van der Waals surface area contributed by atoms with Gasteiger partial charge in [0.1, 0.15) is 5.60 Å². The first-order valence-electron chi connectivity index (χ1n) is 9.90. The topological polar surface area (TPSA) is 121 Å². The summed E-state index contributed by atoms with van der Waals surface area (Å²) >= 11 is 1.15. The number of hydrogen-bond donors (Lipinski definition) is 1. The molecule has 0 spiro atoms. The summed E-state index contributed by atoms with van der Waals surface area (Å²) in [5.74, 6) is -0.375. The van der Waals surface area contributed by atoms with Crippen LogP contribution in [0.25, 0.3) is 10.9 Å². The van der Waals surface area contributed by atoms with E-state index < -0.39 is 21.6 Å². The Morgan fingerprint density at radius 2 is 1.78 bits per heavy atom. The molecule has 10 heteroatoms. The predicted molar refractivity (Wildman–Crippen MR) is 124 cm³/mol. The normalized spacial score (nSPS) is 12.1. The molecule has 2 N–H and O–H groups in total. The minimum absolute atomic E-state index is 0.0190. The number of esters is 1. The van der Waals surface area contributed by atoms with Gasteiger partial charge >= 0.3 is 5.97 Å². The van der Waals surface area contributed by atoms with Crippen LogP contribution in [-0.2, 0) is 32.5 Å². The summed E-state index contributed by atoms with van der Waals surface area (Å²) in [5.41, 5.74) is 0.582. The van der Waals surface area contributed by atoms with Gasteiger partial charge in [0.05, 0.1) is 21.6 Å². The lowest BCUT2D eigenvalue weighted by atomic mass is 10.1. The molecule has 0 saturated carbocycles. The smallest absolute Gasteiger partial charge is 0.316 e. The maximum atomic E-state index is 13.1. The van der Waals surface area contributed by atoms with Gasteiger partial charge in [-0.3, -0.25) is 14.2 Å². The van der Waals surface area contributed by atoms with Crippen LogP contribution >= 0.6 is 11.8 Å². The number of benzene rings is 2. The summed E-state index contributed by atoms with van der Waals surface area (Å²) in [6.45, 7) is 5.69. The molecule has 0 aliphatic carbocycles. The molecule has 1 aromatic heterocycles. The van der Waals surface area contributed by atoms with E-state index in [-0.39, 0.29) is 16.2 Å². The molecule has 0 bridgehead atoms. The molecule has 0 amide bonds. The van der Waals surface area contributed by atoms with Gasteiger partial charge in [0.2, 0.25) is 10.0 Å². The molecule has 3 aromatic rings. The third-order valence-corrected chi connectivity index (χ3v) is 6.32. The minimum Gasteiger partial charge on any atom is -0.459 e. The number of fused-ring (bicyclic) bond motifs is 1. The van der Waals surface area contributed by atoms with E-state index in [1.165, 1.54) is 16.7 Å². The number of hydrogen-bond acceptors (Lipinski definition) is 7. The van der Waals surface area contributed by atoms with Crippen LogP contribution in [0.1, 0.15) is 26.3 Å². The molecule has 0 aliphatic heterocycles. The second kappa shape index (κ2) is 9.43. The Bertz CT molecular complexity index is 1290. The van der Waals surface area contributed by atoms with Crippen LogP contribution < -0.4 is 10.7 Å². The van der Waals surface area contributed by atoms with E-state index in [1.54, 1.807) is 57.2 Å². The molecule has 0 saturated heterocycles. The van der Waals surface area contributed by atoms with Crippen molar-refractivity contribution in [1.29, 1.82) is 0 Å². The largest absolute Gasteiger partial charge is 0.459 e. The van der Waals surface area contributed by atoms with Gasteiger partial charge in [0, 0.05) is 6.54 Å². The zero-order valence-electron chi connectivity index (χ0n) is 18.1. The van der Waals surface area contributed by atoms with Crippen LogP contribution in [-0.4, -0.2) is 35.3 Å². The second-order valence-corrected chi connectivity index (χ2v) is 10.7. The van der Waals surface area contributed by atoms with Crippen molar-refractivity contribution in [3.05, 3.63) is 64.4 Å². The monoisotopic (exact) mass is 475 g/mol. The molecule has 8 nitrogen and oxygen atoms in total. The number of aromatic nitrogens is 2. The van der Waals surface area contributed by atoms with Crippen molar-refractivity contribution >= 4 is 38.7 Å². The van der Waals surface area contributed by atoms with Crippen molar-refractivity contribution in [2.75, 3.05) is 5.75 Å². The Labute approximate surface area is 190 Å². The van der Waals surface area contributed by atoms with Gasteiger partial charge in [-0.05, 0) is 57.0 Å². The van der Waals surface area contributed by atoms with Crippen LogP contribution in [0.5, 0.6) is 0 Å². The number of carbonyl (C=O) groups is 1. The van der Waals surface area contributed by atoms with Crippen LogP contribution in [0.3, 0.4) is 0 Å². The molecule has 0 radical (unpaired) electrons. The summed E-state index contributed by atoms with van der Waals surface area (Å²) in [7, 11) is -3.77. The highest BCUT2D eigenvalue weighted by Crippen LogP contribution is 2.20. The van der Waals surface area contributed by atoms with E-state index in [9.17, 15) is 18.0 Å². The molecule has 1 heterocycles. The van der Waals surface area contributed by atoms with Crippen molar-refractivity contribution in [2.45, 2.75) is 49.4 Å². The van der Waals surface area contributed by atoms with Crippen LogP contribution in [0.15, 0.2) is 63.4 Å². The van der Waals surface area contributed by atoms with E-state index in [0.717, 1.165) is 17.3 Å². The van der Waals surface area contributed by atoms with Crippen molar-refractivity contribution in [3.8, 4) is 0 Å². The maximum Gasteiger partial charge on any atom is 0.316 e. The van der Waals surface area contributed by atoms with Crippen molar-refractivity contribution in [2.24, 2.45) is 5.14 Å². The molecular weight excluding hydrogens is 450 g/mol. The predicted octanol–water partition coefficient (Wildman–Crippen LogP) is 2.72. The molecule has 2 aromatic carbocycles. The Kier molecular flexibility index (Phi) is 7.06. The van der Waals surface area contributed by atoms with Gasteiger partial charge in [-0.1, -0.05) is 36.0 Å². The summed E-state index contributed by atoms with van der Waals surface area (Å²) in [4.78, 5) is 29.9. The van der Waals surface area contributed by atoms with E-state index in [4.69, 9.17) is 9.88 Å². The Morgan fingerprint density at radius 1 is 1.12 bits per heavy atom. The standard InChI is InChI=1S/C22H25N3O5S2/c1-22(2,3)30-19(26)14-31-21-24-18-7-5-4-6-17(18)20(27)25(21)13-12-15-8-10-16(11-9-15)32(23,28)29/h4-11H,12-14H2,1-3H3,(H2,23,28,29). The van der Waals surface area contributed by atoms with Gasteiger partial charge < -0.3 is 4.74 Å². The number of rotatable bonds is 7. The first kappa shape index (κ1) is 24.0. The highest BCUT2D eigenvalue weighted by Gasteiger charge is 2.18. The first-order valence-corrected chi connectivity index (χ1v) is 12.4. The molecule has 0 unspecified atom stereocenters. The number of sulfonamides is 1. The average molecular weight is 476 g/mol. The fourth-order valence-electron chi connectivity index (χ4n) is 3.04. The van der Waals surface area contributed by atoms with Crippen LogP contribution in [0.2, 0.25) is 0 Å². The fourth-order valence-corrected chi connectivity index (χ4v) is 4.35. The van der Waals surface area contributed by atoms with Crippen molar-refractivity contribution in [1.82, 2.24) is 9.55 Å². The first-order chi connectivity index (χ1) is 14.9. The van der Waals surface area contributed by atoms with Crippen molar-refractivity contribution in [3.63, 3.8) is 0 Å². The SMILES string of the molecule is CC(C)(C)OC(=O)CSc1nc2ccccc2c(=O)n1CCc1ccc(S(N)(=O)=O)cc1. The molecule has 32 heavy (non-hydrogen) atoms. The van der Waals surface area contributed by atoms with Gasteiger partial charge in [-0.2, -0.15) is 0 Å². The van der Waals surface area contributed by atoms with Gasteiger partial charge in [0.25, 0.3) is 5.56 Å². The van der Waals surface area contributed by atoms with Crippen LogP contribution in [0.4, 0.5) is 0 Å². The molecule has 0 atom stereocenters. The van der Waals surface area contributed by atoms with E-state index in [2.05, 4.69) is 4.98 Å². The third kappa shape index (κ3) is 6.18. The lowest BCUT2D eigenvalue weighted by molar-refractivity contribution is -0.151. The maximum absolute atomic E-state index is 13.1. The highest BCUT2D eigenvalue weighted by molar-refractivity contribution is 7.99. The van der Waals surface area contributed by atoms with Gasteiger partial charge in [-0.25, -0.2) is 18.5 Å². The Morgan fingerprint density at radius 3 is 2.41 bits per heavy atom. The Balaban J connectivity index is 1.87. The van der Waals surface area contributed by atoms with Gasteiger partial charge in [0.15, 0.2) is 5.16 Å². The van der Waals surface area contributed by atoms with E-state index in [0.29, 0.717) is 29.0 Å². The minimum atomic E-state index is -3.77. The summed E-state index contributed by atoms with van der Waals surface area (Å²) in [6, 6.07) is 13.2. The fraction of sp³-hybridized carbons (Fsp3) is 0.318.